The van der Waals surface area contributed by atoms with Crippen molar-refractivity contribution in [2.45, 2.75) is 40.5 Å². The maximum atomic E-state index is 11.0. The predicted molar refractivity (Wildman–Crippen MR) is 119 cm³/mol. The van der Waals surface area contributed by atoms with E-state index < -0.39 is 5.91 Å². The number of amides is 1. The average Bonchev–Trinajstić information content (AvgIpc) is 3.23. The number of aryl methyl sites for hydroxylation is 1. The minimum atomic E-state index is -0.555. The third kappa shape index (κ3) is 7.16. The van der Waals surface area contributed by atoms with Gasteiger partial charge in [0.05, 0.1) is 5.69 Å². The van der Waals surface area contributed by atoms with Crippen molar-refractivity contribution < 1.29 is 9.32 Å². The zero-order chi connectivity index (χ0) is 21.9. The number of nitrogens with two attached hydrogens (primary N) is 1. The molecule has 0 saturated heterocycles. The summed E-state index contributed by atoms with van der Waals surface area (Å²) < 4.78 is 5.06. The molecular weight excluding hydrogens is 378 g/mol. The van der Waals surface area contributed by atoms with Gasteiger partial charge < -0.3 is 15.6 Å². The van der Waals surface area contributed by atoms with Crippen molar-refractivity contribution in [3.63, 3.8) is 0 Å². The van der Waals surface area contributed by atoms with Crippen molar-refractivity contribution in [1.82, 2.24) is 15.1 Å². The Balaban J connectivity index is 0.000000216. The summed E-state index contributed by atoms with van der Waals surface area (Å²) in [6.07, 6.45) is 7.62. The summed E-state index contributed by atoms with van der Waals surface area (Å²) in [6.45, 7) is 8.37. The largest absolute Gasteiger partial charge is 0.364 e. The van der Waals surface area contributed by atoms with Gasteiger partial charge in [0, 0.05) is 18.7 Å². The molecule has 3 heterocycles. The van der Waals surface area contributed by atoms with Crippen molar-refractivity contribution in [2.75, 3.05) is 5.32 Å². The van der Waals surface area contributed by atoms with E-state index in [1.165, 1.54) is 5.56 Å². The van der Waals surface area contributed by atoms with Gasteiger partial charge in [0.15, 0.2) is 0 Å². The van der Waals surface area contributed by atoms with Gasteiger partial charge in [-0.3, -0.25) is 4.79 Å². The highest BCUT2D eigenvalue weighted by molar-refractivity contribution is 5.91. The molecule has 7 heteroatoms. The number of carbonyl (C=O) groups excluding carboxylic acids is 1. The molecule has 3 aromatic heterocycles. The van der Waals surface area contributed by atoms with Crippen LogP contribution in [0.4, 0.5) is 5.82 Å². The zero-order valence-electron chi connectivity index (χ0n) is 17.9. The van der Waals surface area contributed by atoms with Crippen LogP contribution in [-0.2, 0) is 12.8 Å². The lowest BCUT2D eigenvalue weighted by Crippen LogP contribution is -2.13. The molecule has 0 radical (unpaired) electrons. The molecule has 0 spiro atoms. The van der Waals surface area contributed by atoms with Crippen LogP contribution in [0.15, 0.2) is 59.4 Å². The molecule has 3 rings (SSSR count). The number of allylic oxidation sites excluding steroid dienone is 1. The van der Waals surface area contributed by atoms with Crippen LogP contribution in [0.3, 0.4) is 0 Å². The van der Waals surface area contributed by atoms with Gasteiger partial charge in [-0.15, -0.1) is 0 Å². The summed E-state index contributed by atoms with van der Waals surface area (Å²) in [6, 6.07) is 11.0. The van der Waals surface area contributed by atoms with Gasteiger partial charge in [0.25, 0.3) is 5.91 Å². The summed E-state index contributed by atoms with van der Waals surface area (Å²) in [7, 11) is 0. The predicted octanol–water partition coefficient (Wildman–Crippen LogP) is 4.62. The number of rotatable bonds is 7. The van der Waals surface area contributed by atoms with Crippen LogP contribution in [-0.4, -0.2) is 21.0 Å². The SMILES string of the molecule is CC=CNc1ccc(CC(C)C)cn1.CCc1cc(-c2cccc(C(N)=O)n2)no1. The molecule has 0 aliphatic rings. The zero-order valence-corrected chi connectivity index (χ0v) is 17.9. The standard InChI is InChI=1S/C12H18N2.C11H11N3O2/c1-4-7-13-12-6-5-11(9-14-12)8-10(2)3;1-2-7-6-10(14-16-7)8-4-3-5-9(13-8)11(12)15/h4-7,9-10H,8H2,1-3H3,(H,13,14);3-6H,2H2,1H3,(H2,12,15). The molecule has 0 fully saturated rings. The molecular formula is C23H29N5O2. The average molecular weight is 408 g/mol. The second-order valence-electron chi connectivity index (χ2n) is 7.10. The lowest BCUT2D eigenvalue weighted by atomic mass is 10.1. The van der Waals surface area contributed by atoms with Crippen LogP contribution < -0.4 is 11.1 Å². The van der Waals surface area contributed by atoms with E-state index in [1.54, 1.807) is 24.3 Å². The molecule has 7 nitrogen and oxygen atoms in total. The Bertz CT molecular complexity index is 962. The molecule has 1 amide bonds. The Morgan fingerprint density at radius 2 is 2.03 bits per heavy atom. The van der Waals surface area contributed by atoms with E-state index >= 15 is 0 Å². The van der Waals surface area contributed by atoms with Gasteiger partial charge in [-0.25, -0.2) is 9.97 Å². The molecule has 0 unspecified atom stereocenters. The van der Waals surface area contributed by atoms with Crippen LogP contribution in [0.5, 0.6) is 0 Å². The highest BCUT2D eigenvalue weighted by Gasteiger charge is 2.09. The summed E-state index contributed by atoms with van der Waals surface area (Å²) >= 11 is 0. The van der Waals surface area contributed by atoms with Gasteiger partial charge in [-0.1, -0.05) is 44.1 Å². The summed E-state index contributed by atoms with van der Waals surface area (Å²) in [5, 5.41) is 6.95. The Morgan fingerprint density at radius 3 is 2.60 bits per heavy atom. The number of nitrogens with one attached hydrogen (secondary N) is 1. The highest BCUT2D eigenvalue weighted by Crippen LogP contribution is 2.17. The third-order valence-corrected chi connectivity index (χ3v) is 4.04. The number of primary amides is 1. The molecule has 158 valence electrons. The van der Waals surface area contributed by atoms with Crippen molar-refractivity contribution in [2.24, 2.45) is 11.7 Å². The highest BCUT2D eigenvalue weighted by atomic mass is 16.5. The van der Waals surface area contributed by atoms with Crippen molar-refractivity contribution in [3.05, 3.63) is 71.9 Å². The van der Waals surface area contributed by atoms with Crippen LogP contribution in [0.1, 0.15) is 49.5 Å². The first kappa shape index (κ1) is 22.8. The topological polar surface area (TPSA) is 107 Å². The summed E-state index contributed by atoms with van der Waals surface area (Å²) in [4.78, 5) is 19.4. The number of carbonyl (C=O) groups is 1. The maximum absolute atomic E-state index is 11.0. The fraction of sp³-hybridized carbons (Fsp3) is 0.304. The molecule has 3 N–H and O–H groups in total. The number of aromatic nitrogens is 3. The van der Waals surface area contributed by atoms with E-state index in [4.69, 9.17) is 10.3 Å². The quantitative estimate of drug-likeness (QED) is 0.592. The molecule has 0 aliphatic carbocycles. The smallest absolute Gasteiger partial charge is 0.267 e. The van der Waals surface area contributed by atoms with Gasteiger partial charge in [0.2, 0.25) is 0 Å². The first-order valence-electron chi connectivity index (χ1n) is 9.98. The molecule has 0 bridgehead atoms. The van der Waals surface area contributed by atoms with Crippen molar-refractivity contribution in [1.29, 1.82) is 0 Å². The van der Waals surface area contributed by atoms with Gasteiger partial charge in [-0.2, -0.15) is 0 Å². The van der Waals surface area contributed by atoms with E-state index in [0.717, 1.165) is 24.4 Å². The van der Waals surface area contributed by atoms with Gasteiger partial charge >= 0.3 is 0 Å². The molecule has 0 aliphatic heterocycles. The van der Waals surface area contributed by atoms with Crippen LogP contribution in [0, 0.1) is 5.92 Å². The van der Waals surface area contributed by atoms with E-state index in [-0.39, 0.29) is 5.69 Å². The Morgan fingerprint density at radius 1 is 1.23 bits per heavy atom. The lowest BCUT2D eigenvalue weighted by Gasteiger charge is -2.05. The van der Waals surface area contributed by atoms with Gasteiger partial charge in [0.1, 0.15) is 23.0 Å². The van der Waals surface area contributed by atoms with E-state index in [1.807, 2.05) is 38.4 Å². The van der Waals surface area contributed by atoms with E-state index in [0.29, 0.717) is 17.3 Å². The first-order valence-corrected chi connectivity index (χ1v) is 9.98. The number of hydrogen-bond donors (Lipinski definition) is 2. The van der Waals surface area contributed by atoms with Gasteiger partial charge in [-0.05, 0) is 49.2 Å². The molecule has 0 atom stereocenters. The minimum Gasteiger partial charge on any atom is -0.364 e. The molecule has 0 saturated carbocycles. The summed E-state index contributed by atoms with van der Waals surface area (Å²) in [5.41, 5.74) is 7.86. The minimum absolute atomic E-state index is 0.221. The van der Waals surface area contributed by atoms with Crippen LogP contribution in [0.2, 0.25) is 0 Å². The van der Waals surface area contributed by atoms with Crippen LogP contribution >= 0.6 is 0 Å². The maximum Gasteiger partial charge on any atom is 0.267 e. The molecule has 3 aromatic rings. The number of pyridine rings is 2. The molecule has 30 heavy (non-hydrogen) atoms. The first-order chi connectivity index (χ1) is 14.4. The lowest BCUT2D eigenvalue weighted by molar-refractivity contribution is 0.0995. The summed E-state index contributed by atoms with van der Waals surface area (Å²) in [5.74, 6) is 1.81. The number of hydrogen-bond acceptors (Lipinski definition) is 6. The second kappa shape index (κ2) is 11.5. The second-order valence-corrected chi connectivity index (χ2v) is 7.10. The Hall–Kier alpha value is -3.48. The normalized spacial score (nSPS) is 10.7. The number of nitrogens with zero attached hydrogens (tertiary/aromatic N) is 3. The number of anilines is 1. The molecule has 0 aromatic carbocycles. The van der Waals surface area contributed by atoms with Crippen molar-refractivity contribution >= 4 is 11.7 Å². The third-order valence-electron chi connectivity index (χ3n) is 4.04. The van der Waals surface area contributed by atoms with Crippen LogP contribution in [0.25, 0.3) is 11.4 Å². The van der Waals surface area contributed by atoms with E-state index in [2.05, 4.69) is 40.4 Å². The monoisotopic (exact) mass is 407 g/mol. The fourth-order valence-electron chi connectivity index (χ4n) is 2.59. The Labute approximate surface area is 177 Å². The Kier molecular flexibility index (Phi) is 8.75. The van der Waals surface area contributed by atoms with Crippen molar-refractivity contribution in [3.8, 4) is 11.4 Å². The fourth-order valence-corrected chi connectivity index (χ4v) is 2.59. The van der Waals surface area contributed by atoms with E-state index in [9.17, 15) is 4.79 Å².